The van der Waals surface area contributed by atoms with E-state index < -0.39 is 29.5 Å². The molecular formula is C13H13ClFNO3. The van der Waals surface area contributed by atoms with Gasteiger partial charge in [0, 0.05) is 5.02 Å². The summed E-state index contributed by atoms with van der Waals surface area (Å²) in [5.41, 5.74) is 0.0189. The van der Waals surface area contributed by atoms with E-state index in [-0.39, 0.29) is 10.7 Å². The highest BCUT2D eigenvalue weighted by atomic mass is 35.5. The van der Waals surface area contributed by atoms with Gasteiger partial charge in [-0.15, -0.1) is 0 Å². The molecule has 1 aliphatic rings. The number of rotatable bonds is 3. The zero-order chi connectivity index (χ0) is 14.0. The van der Waals surface area contributed by atoms with Gasteiger partial charge in [-0.05, 0) is 31.0 Å². The number of carbonyl (C=O) groups is 2. The lowest BCUT2D eigenvalue weighted by Crippen LogP contribution is -2.30. The van der Waals surface area contributed by atoms with Gasteiger partial charge in [-0.2, -0.15) is 0 Å². The molecule has 19 heavy (non-hydrogen) atoms. The van der Waals surface area contributed by atoms with Crippen LogP contribution in [0.3, 0.4) is 0 Å². The van der Waals surface area contributed by atoms with Gasteiger partial charge in [-0.3, -0.25) is 9.59 Å². The molecule has 1 amide bonds. The number of hydrogen-bond acceptors (Lipinski definition) is 2. The summed E-state index contributed by atoms with van der Waals surface area (Å²) >= 11 is 5.61. The van der Waals surface area contributed by atoms with Gasteiger partial charge in [0.15, 0.2) is 0 Å². The molecule has 0 heterocycles. The molecule has 0 saturated heterocycles. The second-order valence-corrected chi connectivity index (χ2v) is 5.03. The smallest absolute Gasteiger partial charge is 0.307 e. The average Bonchev–Trinajstić information content (AvgIpc) is 2.82. The molecule has 2 unspecified atom stereocenters. The van der Waals surface area contributed by atoms with Crippen LogP contribution in [0, 0.1) is 17.7 Å². The minimum atomic E-state index is -0.978. The molecule has 4 nitrogen and oxygen atoms in total. The Balaban J connectivity index is 2.10. The third kappa shape index (κ3) is 3.04. The average molecular weight is 286 g/mol. The number of aliphatic carboxylic acids is 1. The predicted octanol–water partition coefficient (Wildman–Crippen LogP) is 2.92. The van der Waals surface area contributed by atoms with Gasteiger partial charge in [0.1, 0.15) is 5.82 Å². The van der Waals surface area contributed by atoms with Crippen molar-refractivity contribution in [2.24, 2.45) is 11.8 Å². The Hall–Kier alpha value is -1.62. The largest absolute Gasteiger partial charge is 0.481 e. The summed E-state index contributed by atoms with van der Waals surface area (Å²) in [5, 5.41) is 11.7. The molecule has 2 atom stereocenters. The number of hydrogen-bond donors (Lipinski definition) is 2. The highest BCUT2D eigenvalue weighted by molar-refractivity contribution is 6.30. The fraction of sp³-hybridized carbons (Fsp3) is 0.385. The molecule has 0 aromatic heterocycles. The summed E-state index contributed by atoms with van der Waals surface area (Å²) in [6.07, 6.45) is 1.69. The Morgan fingerprint density at radius 1 is 1.32 bits per heavy atom. The van der Waals surface area contributed by atoms with Crippen LogP contribution in [0.15, 0.2) is 18.2 Å². The van der Waals surface area contributed by atoms with E-state index in [9.17, 15) is 14.0 Å². The molecule has 1 aromatic rings. The van der Waals surface area contributed by atoms with Gasteiger partial charge in [-0.1, -0.05) is 18.0 Å². The van der Waals surface area contributed by atoms with E-state index >= 15 is 0 Å². The van der Waals surface area contributed by atoms with Crippen molar-refractivity contribution in [3.63, 3.8) is 0 Å². The molecule has 0 aliphatic heterocycles. The highest BCUT2D eigenvalue weighted by Gasteiger charge is 2.37. The standard InChI is InChI=1S/C13H13ClFNO3/c14-7-4-5-11(10(15)6-7)16-12(17)8-2-1-3-9(8)13(18)19/h4-6,8-9H,1-3H2,(H,16,17)(H,18,19). The molecule has 2 rings (SSSR count). The van der Waals surface area contributed by atoms with E-state index in [4.69, 9.17) is 16.7 Å². The van der Waals surface area contributed by atoms with Gasteiger partial charge in [0.25, 0.3) is 0 Å². The lowest BCUT2D eigenvalue weighted by atomic mass is 9.95. The third-order valence-electron chi connectivity index (χ3n) is 3.36. The maximum absolute atomic E-state index is 13.5. The van der Waals surface area contributed by atoms with Crippen molar-refractivity contribution in [2.75, 3.05) is 5.32 Å². The molecule has 0 bridgehead atoms. The molecule has 1 fully saturated rings. The lowest BCUT2D eigenvalue weighted by molar-refractivity contribution is -0.145. The molecule has 0 radical (unpaired) electrons. The van der Waals surface area contributed by atoms with Crippen LogP contribution in [0.1, 0.15) is 19.3 Å². The topological polar surface area (TPSA) is 66.4 Å². The molecule has 6 heteroatoms. The number of carboxylic acids is 1. The van der Waals surface area contributed by atoms with Crippen molar-refractivity contribution in [3.05, 3.63) is 29.0 Å². The number of benzene rings is 1. The molecule has 1 saturated carbocycles. The van der Waals surface area contributed by atoms with Crippen LogP contribution in [0.25, 0.3) is 0 Å². The molecular weight excluding hydrogens is 273 g/mol. The fourth-order valence-corrected chi connectivity index (χ4v) is 2.54. The maximum Gasteiger partial charge on any atom is 0.307 e. The minimum Gasteiger partial charge on any atom is -0.481 e. The number of carboxylic acid groups (broad SMARTS) is 1. The van der Waals surface area contributed by atoms with Crippen LogP contribution in [-0.2, 0) is 9.59 Å². The summed E-state index contributed by atoms with van der Waals surface area (Å²) in [6.45, 7) is 0. The highest BCUT2D eigenvalue weighted by Crippen LogP contribution is 2.33. The van der Waals surface area contributed by atoms with Crippen molar-refractivity contribution < 1.29 is 19.1 Å². The monoisotopic (exact) mass is 285 g/mol. The predicted molar refractivity (Wildman–Crippen MR) is 68.5 cm³/mol. The first-order chi connectivity index (χ1) is 8.99. The van der Waals surface area contributed by atoms with E-state index in [0.29, 0.717) is 19.3 Å². The van der Waals surface area contributed by atoms with Crippen LogP contribution in [-0.4, -0.2) is 17.0 Å². The maximum atomic E-state index is 13.5. The summed E-state index contributed by atoms with van der Waals surface area (Å²) < 4.78 is 13.5. The first-order valence-corrected chi connectivity index (χ1v) is 6.35. The van der Waals surface area contributed by atoms with Gasteiger partial charge in [0.2, 0.25) is 5.91 Å². The molecule has 2 N–H and O–H groups in total. The number of anilines is 1. The number of halogens is 2. The first kappa shape index (κ1) is 13.8. The zero-order valence-corrected chi connectivity index (χ0v) is 10.8. The third-order valence-corrected chi connectivity index (χ3v) is 3.59. The minimum absolute atomic E-state index is 0.0189. The Morgan fingerprint density at radius 3 is 2.63 bits per heavy atom. The van der Waals surface area contributed by atoms with E-state index in [0.717, 1.165) is 6.07 Å². The fourth-order valence-electron chi connectivity index (χ4n) is 2.39. The van der Waals surface area contributed by atoms with E-state index in [1.165, 1.54) is 12.1 Å². The lowest BCUT2D eigenvalue weighted by Gasteiger charge is -2.15. The zero-order valence-electron chi connectivity index (χ0n) is 10.0. The van der Waals surface area contributed by atoms with Crippen molar-refractivity contribution in [2.45, 2.75) is 19.3 Å². The summed E-state index contributed by atoms with van der Waals surface area (Å²) in [5.74, 6) is -3.35. The van der Waals surface area contributed by atoms with Crippen LogP contribution in [0.2, 0.25) is 5.02 Å². The molecule has 102 valence electrons. The normalized spacial score (nSPS) is 22.2. The summed E-state index contributed by atoms with van der Waals surface area (Å²) in [4.78, 5) is 23.0. The second-order valence-electron chi connectivity index (χ2n) is 4.60. The van der Waals surface area contributed by atoms with E-state index in [1.807, 2.05) is 0 Å². The second kappa shape index (κ2) is 5.57. The number of amides is 1. The molecule has 0 spiro atoms. The molecule has 1 aliphatic carbocycles. The van der Waals surface area contributed by atoms with Crippen molar-refractivity contribution in [3.8, 4) is 0 Å². The van der Waals surface area contributed by atoms with Gasteiger partial charge in [0.05, 0.1) is 17.5 Å². The van der Waals surface area contributed by atoms with Gasteiger partial charge >= 0.3 is 5.97 Å². The van der Waals surface area contributed by atoms with Crippen LogP contribution in [0.5, 0.6) is 0 Å². The van der Waals surface area contributed by atoms with Gasteiger partial charge in [-0.25, -0.2) is 4.39 Å². The van der Waals surface area contributed by atoms with Crippen molar-refractivity contribution >= 4 is 29.2 Å². The van der Waals surface area contributed by atoms with Crippen LogP contribution in [0.4, 0.5) is 10.1 Å². The number of carbonyl (C=O) groups excluding carboxylic acids is 1. The van der Waals surface area contributed by atoms with Gasteiger partial charge < -0.3 is 10.4 Å². The molecule has 1 aromatic carbocycles. The van der Waals surface area contributed by atoms with Crippen LogP contribution < -0.4 is 5.32 Å². The summed E-state index contributed by atoms with van der Waals surface area (Å²) in [6, 6.07) is 3.92. The quantitative estimate of drug-likeness (QED) is 0.897. The SMILES string of the molecule is O=C(O)C1CCCC1C(=O)Nc1ccc(Cl)cc1F. The number of nitrogens with one attached hydrogen (secondary N) is 1. The summed E-state index contributed by atoms with van der Waals surface area (Å²) in [7, 11) is 0. The Kier molecular flexibility index (Phi) is 4.04. The van der Waals surface area contributed by atoms with Crippen LogP contribution >= 0.6 is 11.6 Å². The Morgan fingerprint density at radius 2 is 2.00 bits per heavy atom. The Labute approximate surface area is 114 Å². The van der Waals surface area contributed by atoms with Crippen molar-refractivity contribution in [1.82, 2.24) is 0 Å². The first-order valence-electron chi connectivity index (χ1n) is 5.98. The Bertz CT molecular complexity index is 521. The van der Waals surface area contributed by atoms with E-state index in [1.54, 1.807) is 0 Å². The van der Waals surface area contributed by atoms with E-state index in [2.05, 4.69) is 5.32 Å². The van der Waals surface area contributed by atoms with Crippen molar-refractivity contribution in [1.29, 1.82) is 0 Å².